The quantitative estimate of drug-likeness (QED) is 0.458. The highest BCUT2D eigenvalue weighted by atomic mass is 35.5. The summed E-state index contributed by atoms with van der Waals surface area (Å²) in [5.74, 6) is 1.05. The minimum Gasteiger partial charge on any atom is -0.232 e. The van der Waals surface area contributed by atoms with E-state index in [0.717, 1.165) is 27.8 Å². The number of fused-ring (bicyclic) bond motifs is 1. The molecule has 2 rings (SSSR count). The van der Waals surface area contributed by atoms with E-state index in [4.69, 9.17) is 23.2 Å². The molecule has 1 fully saturated rings. The molecule has 1 saturated heterocycles. The van der Waals surface area contributed by atoms with Gasteiger partial charge in [-0.1, -0.05) is 28.9 Å². The molecule has 0 bridgehead atoms. The second-order valence-electron chi connectivity index (χ2n) is 2.73. The molecule has 1 nitrogen and oxygen atoms in total. The Bertz CT molecular complexity index is 362. The molecule has 0 saturated carbocycles. The first-order valence-electron chi connectivity index (χ1n) is 3.97. The van der Waals surface area contributed by atoms with Crippen LogP contribution in [0.25, 0.3) is 0 Å². The number of allylic oxidation sites excluding steroid dienone is 3. The van der Waals surface area contributed by atoms with Gasteiger partial charge in [-0.25, -0.2) is 4.99 Å². The van der Waals surface area contributed by atoms with Gasteiger partial charge < -0.3 is 0 Å². The van der Waals surface area contributed by atoms with Crippen molar-refractivity contribution in [2.75, 3.05) is 5.75 Å². The highest BCUT2D eigenvalue weighted by molar-refractivity contribution is 8.04. The van der Waals surface area contributed by atoms with E-state index in [1.54, 1.807) is 11.8 Å². The Kier molecular flexibility index (Phi) is 2.85. The average molecular weight is 232 g/mol. The van der Waals surface area contributed by atoms with Gasteiger partial charge in [0.1, 0.15) is 0 Å². The molecule has 2 heterocycles. The third kappa shape index (κ3) is 2.03. The summed E-state index contributed by atoms with van der Waals surface area (Å²) in [4.78, 5) is 5.35. The van der Waals surface area contributed by atoms with Crippen LogP contribution in [0.3, 0.4) is 0 Å². The number of hydrogen-bond acceptors (Lipinski definition) is 2. The molecular formula is C9H7Cl2NS. The molecule has 0 unspecified atom stereocenters. The smallest absolute Gasteiger partial charge is 0.171 e. The van der Waals surface area contributed by atoms with Crippen molar-refractivity contribution >= 4 is 40.7 Å². The summed E-state index contributed by atoms with van der Waals surface area (Å²) < 4.78 is 0. The van der Waals surface area contributed by atoms with Crippen LogP contribution in [0.4, 0.5) is 0 Å². The fourth-order valence-corrected chi connectivity index (χ4v) is 2.84. The number of thioether (sulfide) groups is 1. The van der Waals surface area contributed by atoms with E-state index in [2.05, 4.69) is 10.7 Å². The summed E-state index contributed by atoms with van der Waals surface area (Å²) in [6, 6.07) is 0. The van der Waals surface area contributed by atoms with Crippen LogP contribution in [0.5, 0.6) is 0 Å². The van der Waals surface area contributed by atoms with Crippen molar-refractivity contribution in [3.05, 3.63) is 26.9 Å². The molecule has 0 aromatic rings. The topological polar surface area (TPSA) is 12.4 Å². The summed E-state index contributed by atoms with van der Waals surface area (Å²) in [6.45, 7) is 0. The van der Waals surface area contributed by atoms with Crippen molar-refractivity contribution in [1.29, 1.82) is 0 Å². The first kappa shape index (κ1) is 9.42. The first-order valence-corrected chi connectivity index (χ1v) is 5.71. The minimum absolute atomic E-state index is 0.430. The van der Waals surface area contributed by atoms with Gasteiger partial charge in [0.05, 0.1) is 5.71 Å². The molecule has 2 aliphatic rings. The van der Waals surface area contributed by atoms with E-state index in [1.165, 1.54) is 0 Å². The molecule has 0 spiro atoms. The van der Waals surface area contributed by atoms with E-state index in [1.807, 2.05) is 6.08 Å². The molecule has 13 heavy (non-hydrogen) atoms. The molecule has 0 aliphatic carbocycles. The highest BCUT2D eigenvalue weighted by Crippen LogP contribution is 2.35. The maximum Gasteiger partial charge on any atom is 0.171 e. The predicted octanol–water partition coefficient (Wildman–Crippen LogP) is 3.65. The Hall–Kier alpha value is -0.140. The van der Waals surface area contributed by atoms with Crippen LogP contribution < -0.4 is 0 Å². The van der Waals surface area contributed by atoms with Crippen LogP contribution >= 0.6 is 35.0 Å². The zero-order valence-electron chi connectivity index (χ0n) is 6.81. The summed E-state index contributed by atoms with van der Waals surface area (Å²) in [5, 5.41) is 1.29. The third-order valence-corrected chi connectivity index (χ3v) is 3.66. The van der Waals surface area contributed by atoms with E-state index in [0.29, 0.717) is 11.6 Å². The van der Waals surface area contributed by atoms with Gasteiger partial charge in [0.25, 0.3) is 0 Å². The van der Waals surface area contributed by atoms with Gasteiger partial charge in [0, 0.05) is 28.5 Å². The zero-order chi connectivity index (χ0) is 9.26. The van der Waals surface area contributed by atoms with Crippen molar-refractivity contribution < 1.29 is 0 Å². The Morgan fingerprint density at radius 3 is 3.15 bits per heavy atom. The standard InChI is InChI=1S/C9H7Cl2NS/c10-6-2-1-3-8(11)12-7-4-5-13-9(6)7/h1H,2,4-5H2/b9-6-,12-7-. The summed E-state index contributed by atoms with van der Waals surface area (Å²) in [6.07, 6.45) is 3.48. The van der Waals surface area contributed by atoms with Gasteiger partial charge in [0.15, 0.2) is 5.16 Å². The fraction of sp³-hybridized carbons (Fsp3) is 0.333. The largest absolute Gasteiger partial charge is 0.232 e. The molecule has 2 aliphatic heterocycles. The zero-order valence-corrected chi connectivity index (χ0v) is 9.14. The van der Waals surface area contributed by atoms with Crippen LogP contribution in [0.15, 0.2) is 31.9 Å². The molecular weight excluding hydrogens is 225 g/mol. The lowest BCUT2D eigenvalue weighted by molar-refractivity contribution is 1.28. The first-order chi connectivity index (χ1) is 6.27. The molecule has 4 heteroatoms. The second-order valence-corrected chi connectivity index (χ2v) is 4.65. The van der Waals surface area contributed by atoms with Gasteiger partial charge in [-0.3, -0.25) is 0 Å². The highest BCUT2D eigenvalue weighted by Gasteiger charge is 2.20. The number of nitrogens with zero attached hydrogens (tertiary/aromatic N) is 1. The fourth-order valence-electron chi connectivity index (χ4n) is 1.26. The van der Waals surface area contributed by atoms with Gasteiger partial charge in [-0.15, -0.1) is 11.8 Å². The minimum atomic E-state index is 0.430. The van der Waals surface area contributed by atoms with Crippen LogP contribution in [0.2, 0.25) is 0 Å². The number of aliphatic imine (C=N–C) groups is 1. The van der Waals surface area contributed by atoms with Crippen molar-refractivity contribution in [3.63, 3.8) is 0 Å². The van der Waals surface area contributed by atoms with Crippen LogP contribution in [-0.4, -0.2) is 11.5 Å². The van der Waals surface area contributed by atoms with E-state index in [-0.39, 0.29) is 0 Å². The van der Waals surface area contributed by atoms with Crippen molar-refractivity contribution in [2.45, 2.75) is 12.8 Å². The predicted molar refractivity (Wildman–Crippen MR) is 59.5 cm³/mol. The van der Waals surface area contributed by atoms with E-state index in [9.17, 15) is 0 Å². The lowest BCUT2D eigenvalue weighted by Gasteiger charge is -2.03. The average Bonchev–Trinajstić information content (AvgIpc) is 2.49. The Morgan fingerprint density at radius 2 is 2.31 bits per heavy atom. The Morgan fingerprint density at radius 1 is 1.46 bits per heavy atom. The monoisotopic (exact) mass is 231 g/mol. The van der Waals surface area contributed by atoms with Gasteiger partial charge in [-0.05, 0) is 6.08 Å². The lowest BCUT2D eigenvalue weighted by atomic mass is 10.2. The molecule has 0 aromatic carbocycles. The second kappa shape index (κ2) is 3.93. The number of halogens is 2. The SMILES string of the molecule is ClC1=C=CC/C(Cl)=C2/SCC/C2=N/1. The van der Waals surface area contributed by atoms with Crippen LogP contribution in [0.1, 0.15) is 12.8 Å². The molecule has 68 valence electrons. The van der Waals surface area contributed by atoms with Crippen molar-refractivity contribution in [3.8, 4) is 0 Å². The van der Waals surface area contributed by atoms with Crippen LogP contribution in [-0.2, 0) is 0 Å². The maximum absolute atomic E-state index is 6.10. The summed E-state index contributed by atoms with van der Waals surface area (Å²) in [7, 11) is 0. The van der Waals surface area contributed by atoms with Gasteiger partial charge >= 0.3 is 0 Å². The van der Waals surface area contributed by atoms with Crippen molar-refractivity contribution in [2.24, 2.45) is 4.99 Å². The van der Waals surface area contributed by atoms with Gasteiger partial charge in [-0.2, -0.15) is 0 Å². The summed E-state index contributed by atoms with van der Waals surface area (Å²) in [5.41, 5.74) is 3.88. The van der Waals surface area contributed by atoms with E-state index < -0.39 is 0 Å². The molecule has 0 aromatic heterocycles. The van der Waals surface area contributed by atoms with Gasteiger partial charge in [0.2, 0.25) is 0 Å². The Balaban J connectivity index is 2.47. The van der Waals surface area contributed by atoms with Crippen molar-refractivity contribution in [1.82, 2.24) is 0 Å². The molecule has 0 radical (unpaired) electrons. The Labute approximate surface area is 91.2 Å². The number of hydrogen-bond donors (Lipinski definition) is 0. The van der Waals surface area contributed by atoms with Crippen LogP contribution in [0, 0.1) is 0 Å². The van der Waals surface area contributed by atoms with E-state index >= 15 is 0 Å². The molecule has 0 N–H and O–H groups in total. The maximum atomic E-state index is 6.10. The third-order valence-electron chi connectivity index (χ3n) is 1.83. The molecule has 0 amide bonds. The number of rotatable bonds is 0. The molecule has 0 atom stereocenters. The summed E-state index contributed by atoms with van der Waals surface area (Å²) >= 11 is 13.7. The lowest BCUT2D eigenvalue weighted by Crippen LogP contribution is -1.95. The normalized spacial score (nSPS) is 31.5.